The number of fused-ring (bicyclic) bond motifs is 3. The number of nitrogens with zero attached hydrogens (tertiary/aromatic N) is 6. The highest BCUT2D eigenvalue weighted by atomic mass is 19.1. The van der Waals surface area contributed by atoms with E-state index in [2.05, 4.69) is 20.9 Å². The first-order valence-corrected chi connectivity index (χ1v) is 16.8. The maximum Gasteiger partial charge on any atom is 0.319 e. The molecule has 0 saturated carbocycles. The van der Waals surface area contributed by atoms with Crippen LogP contribution in [0, 0.1) is 28.9 Å². The Balaban J connectivity index is 1.13. The molecule has 49 heavy (non-hydrogen) atoms. The van der Waals surface area contributed by atoms with E-state index in [-0.39, 0.29) is 39.8 Å². The van der Waals surface area contributed by atoms with Gasteiger partial charge >= 0.3 is 12.0 Å². The minimum absolute atomic E-state index is 0.00532. The number of carbonyl (C=O) groups is 1. The number of ether oxygens (including phenoxy) is 2. The van der Waals surface area contributed by atoms with E-state index in [1.165, 1.54) is 6.07 Å². The van der Waals surface area contributed by atoms with Crippen LogP contribution in [0.5, 0.6) is 11.8 Å². The van der Waals surface area contributed by atoms with Gasteiger partial charge in [-0.05, 0) is 75.2 Å². The first-order valence-electron chi connectivity index (χ1n) is 16.8. The molecule has 3 aliphatic rings. The van der Waals surface area contributed by atoms with Crippen molar-refractivity contribution in [2.45, 2.75) is 44.1 Å². The molecule has 0 N–H and O–H groups in total. The Labute approximate surface area is 282 Å². The molecule has 5 heterocycles. The number of esters is 1. The second kappa shape index (κ2) is 12.7. The average Bonchev–Trinajstić information content (AvgIpc) is 3.72. The van der Waals surface area contributed by atoms with Crippen LogP contribution in [0.2, 0.25) is 0 Å². The van der Waals surface area contributed by atoms with Crippen LogP contribution in [0.3, 0.4) is 0 Å². The third-order valence-corrected chi connectivity index (χ3v) is 10.4. The Bertz CT molecular complexity index is 2110. The fraction of sp³-hybridized carbons (Fsp3) is 0.342. The Morgan fingerprint density at radius 2 is 1.71 bits per heavy atom. The number of para-hydroxylation sites is 1. The van der Waals surface area contributed by atoms with Crippen LogP contribution in [0.1, 0.15) is 44.1 Å². The SMILES string of the molecule is N#Cc1ccccc1OC(=O)C1CCN(c2nc(OCC34CCCN3CCC4)nc3c(F)c(-c4cccc5cccc(F)c45)ncc23)CC1. The van der Waals surface area contributed by atoms with Gasteiger partial charge in [-0.2, -0.15) is 15.2 Å². The number of halogens is 2. The van der Waals surface area contributed by atoms with E-state index in [4.69, 9.17) is 14.5 Å². The van der Waals surface area contributed by atoms with Crippen LogP contribution < -0.4 is 14.4 Å². The number of aromatic nitrogens is 3. The van der Waals surface area contributed by atoms with Crippen LogP contribution in [0.25, 0.3) is 32.9 Å². The standard InChI is InChI=1S/C38H34F2N6O3/c39-29-11-4-9-24-8-3-10-27(31(24)29)33-32(40)34-28(22-42-33)35(44-37(43-34)48-23-38-15-5-17-46(38)18-6-16-38)45-19-13-25(14-20-45)36(47)49-30-12-2-1-7-26(30)21-41/h1-4,7-12,22,25H,5-6,13-20,23H2. The third-order valence-electron chi connectivity index (χ3n) is 10.4. The van der Waals surface area contributed by atoms with Gasteiger partial charge in [0, 0.05) is 30.2 Å². The molecule has 5 aromatic rings. The quantitative estimate of drug-likeness (QED) is 0.137. The molecule has 0 radical (unpaired) electrons. The van der Waals surface area contributed by atoms with Gasteiger partial charge in [-0.15, -0.1) is 0 Å². The summed E-state index contributed by atoms with van der Waals surface area (Å²) in [4.78, 5) is 31.5. The van der Waals surface area contributed by atoms with Crippen molar-refractivity contribution in [3.05, 3.63) is 84.1 Å². The van der Waals surface area contributed by atoms with E-state index in [0.29, 0.717) is 60.3 Å². The summed E-state index contributed by atoms with van der Waals surface area (Å²) in [6, 6.07) is 18.7. The van der Waals surface area contributed by atoms with Gasteiger partial charge in [0.2, 0.25) is 0 Å². The van der Waals surface area contributed by atoms with Gasteiger partial charge in [0.15, 0.2) is 5.82 Å². The minimum atomic E-state index is -0.683. The number of rotatable bonds is 7. The third kappa shape index (κ3) is 5.60. The first-order chi connectivity index (χ1) is 23.9. The van der Waals surface area contributed by atoms with Crippen molar-refractivity contribution in [2.75, 3.05) is 37.7 Å². The number of benzene rings is 3. The number of hydrogen-bond donors (Lipinski definition) is 0. The number of pyridine rings is 1. The molecule has 0 unspecified atom stereocenters. The topological polar surface area (TPSA) is 104 Å². The molecule has 0 bridgehead atoms. The number of piperidine rings is 1. The maximum atomic E-state index is 16.7. The Morgan fingerprint density at radius 3 is 2.49 bits per heavy atom. The summed E-state index contributed by atoms with van der Waals surface area (Å²) in [5.41, 5.74) is 0.603. The second-order valence-corrected chi connectivity index (χ2v) is 13.2. The molecule has 3 fully saturated rings. The largest absolute Gasteiger partial charge is 0.461 e. The zero-order chi connectivity index (χ0) is 33.5. The van der Waals surface area contributed by atoms with Crippen molar-refractivity contribution in [1.29, 1.82) is 5.26 Å². The van der Waals surface area contributed by atoms with Gasteiger partial charge in [0.25, 0.3) is 0 Å². The summed E-state index contributed by atoms with van der Waals surface area (Å²) in [7, 11) is 0. The minimum Gasteiger partial charge on any atom is -0.461 e. The van der Waals surface area contributed by atoms with Gasteiger partial charge in [0.05, 0.1) is 22.4 Å². The normalized spacial score (nSPS) is 17.7. The van der Waals surface area contributed by atoms with Crippen LogP contribution in [-0.2, 0) is 4.79 Å². The lowest BCUT2D eigenvalue weighted by Gasteiger charge is -2.33. The van der Waals surface area contributed by atoms with E-state index in [1.807, 2.05) is 4.90 Å². The van der Waals surface area contributed by atoms with Crippen LogP contribution >= 0.6 is 0 Å². The predicted octanol–water partition coefficient (Wildman–Crippen LogP) is 6.82. The van der Waals surface area contributed by atoms with Crippen LogP contribution in [-0.4, -0.2) is 64.1 Å². The lowest BCUT2D eigenvalue weighted by Crippen LogP contribution is -2.43. The summed E-state index contributed by atoms with van der Waals surface area (Å²) in [5, 5.41) is 10.7. The summed E-state index contributed by atoms with van der Waals surface area (Å²) >= 11 is 0. The van der Waals surface area contributed by atoms with Gasteiger partial charge in [-0.1, -0.05) is 42.5 Å². The van der Waals surface area contributed by atoms with E-state index in [1.54, 1.807) is 60.8 Å². The molecular formula is C38H34F2N6O3. The molecule has 0 spiro atoms. The fourth-order valence-electron chi connectivity index (χ4n) is 7.83. The smallest absolute Gasteiger partial charge is 0.319 e. The van der Waals surface area contributed by atoms with Crippen molar-refractivity contribution in [1.82, 2.24) is 19.9 Å². The number of nitriles is 1. The highest BCUT2D eigenvalue weighted by Gasteiger charge is 2.45. The van der Waals surface area contributed by atoms with E-state index < -0.39 is 17.6 Å². The monoisotopic (exact) mass is 660 g/mol. The highest BCUT2D eigenvalue weighted by Crippen LogP contribution is 2.40. The summed E-state index contributed by atoms with van der Waals surface area (Å²) < 4.78 is 43.7. The molecule has 3 saturated heterocycles. The van der Waals surface area contributed by atoms with Crippen molar-refractivity contribution in [3.8, 4) is 29.1 Å². The molecule has 11 heteroatoms. The Kier molecular flexibility index (Phi) is 8.04. The van der Waals surface area contributed by atoms with E-state index >= 15 is 8.78 Å². The molecule has 2 aromatic heterocycles. The van der Waals surface area contributed by atoms with Gasteiger partial charge in [0.1, 0.15) is 41.3 Å². The Morgan fingerprint density at radius 1 is 0.959 bits per heavy atom. The highest BCUT2D eigenvalue weighted by molar-refractivity contribution is 5.99. The number of hydrogen-bond acceptors (Lipinski definition) is 9. The van der Waals surface area contributed by atoms with E-state index in [9.17, 15) is 10.1 Å². The maximum absolute atomic E-state index is 16.7. The number of carbonyl (C=O) groups excluding carboxylic acids is 1. The summed E-state index contributed by atoms with van der Waals surface area (Å²) in [6.07, 6.45) is 6.76. The van der Waals surface area contributed by atoms with Crippen LogP contribution in [0.4, 0.5) is 14.6 Å². The van der Waals surface area contributed by atoms with Gasteiger partial charge in [-0.25, -0.2) is 8.78 Å². The van der Waals surface area contributed by atoms with Crippen molar-refractivity contribution >= 4 is 33.5 Å². The molecule has 3 aromatic carbocycles. The van der Waals surface area contributed by atoms with Gasteiger partial charge in [-0.3, -0.25) is 14.7 Å². The summed E-state index contributed by atoms with van der Waals surface area (Å²) in [5.74, 6) is -1.21. The lowest BCUT2D eigenvalue weighted by molar-refractivity contribution is -0.139. The predicted molar refractivity (Wildman–Crippen MR) is 180 cm³/mol. The number of anilines is 1. The van der Waals surface area contributed by atoms with Crippen LogP contribution in [0.15, 0.2) is 66.9 Å². The zero-order valence-corrected chi connectivity index (χ0v) is 26.9. The molecule has 248 valence electrons. The average molecular weight is 661 g/mol. The molecule has 0 atom stereocenters. The second-order valence-electron chi connectivity index (χ2n) is 13.2. The van der Waals surface area contributed by atoms with Crippen molar-refractivity contribution in [2.24, 2.45) is 5.92 Å². The first kappa shape index (κ1) is 31.1. The van der Waals surface area contributed by atoms with Gasteiger partial charge < -0.3 is 14.4 Å². The molecule has 3 aliphatic heterocycles. The lowest BCUT2D eigenvalue weighted by atomic mass is 9.95. The summed E-state index contributed by atoms with van der Waals surface area (Å²) in [6.45, 7) is 3.38. The molecule has 8 rings (SSSR count). The van der Waals surface area contributed by atoms with Crippen molar-refractivity contribution < 1.29 is 23.0 Å². The Hall–Kier alpha value is -5.21. The zero-order valence-electron chi connectivity index (χ0n) is 26.9. The molecule has 9 nitrogen and oxygen atoms in total. The van der Waals surface area contributed by atoms with Crippen molar-refractivity contribution in [3.63, 3.8) is 0 Å². The fourth-order valence-corrected chi connectivity index (χ4v) is 7.83. The van der Waals surface area contributed by atoms with E-state index in [0.717, 1.165) is 38.8 Å². The molecule has 0 amide bonds. The molecule has 0 aliphatic carbocycles. The molecular weight excluding hydrogens is 626 g/mol.